The predicted octanol–water partition coefficient (Wildman–Crippen LogP) is 4.56. The molecule has 2 aromatic rings. The Morgan fingerprint density at radius 2 is 2.07 bits per heavy atom. The number of hydrogen-bond donors (Lipinski definition) is 3. The summed E-state index contributed by atoms with van der Waals surface area (Å²) in [7, 11) is 0. The molecular weight excluding hydrogens is 336 g/mol. The van der Waals surface area contributed by atoms with Crippen LogP contribution >= 0.6 is 0 Å². The van der Waals surface area contributed by atoms with Crippen LogP contribution in [0.4, 0.5) is 10.5 Å². The Balaban J connectivity index is 1.38. The van der Waals surface area contributed by atoms with Gasteiger partial charge in [0.05, 0.1) is 17.6 Å². The topological polar surface area (TPSA) is 69.8 Å². The van der Waals surface area contributed by atoms with Gasteiger partial charge in [0.2, 0.25) is 0 Å². The van der Waals surface area contributed by atoms with Crippen LogP contribution in [-0.2, 0) is 0 Å². The number of rotatable bonds is 4. The van der Waals surface area contributed by atoms with Gasteiger partial charge < -0.3 is 10.6 Å². The van der Waals surface area contributed by atoms with Crippen LogP contribution in [0, 0.1) is 5.92 Å². The molecule has 2 unspecified atom stereocenters. The number of H-pyrrole nitrogens is 1. The molecule has 2 aliphatic carbocycles. The number of carbonyl (C=O) groups is 1. The van der Waals surface area contributed by atoms with Gasteiger partial charge >= 0.3 is 6.03 Å². The molecule has 1 aromatic carbocycles. The Hall–Kier alpha value is -3.26. The molecule has 1 fully saturated rings. The Kier molecular flexibility index (Phi) is 5.06. The first-order chi connectivity index (χ1) is 13.3. The van der Waals surface area contributed by atoms with E-state index in [4.69, 9.17) is 0 Å². The largest absolute Gasteiger partial charge is 0.335 e. The summed E-state index contributed by atoms with van der Waals surface area (Å²) >= 11 is 0. The highest BCUT2D eigenvalue weighted by atomic mass is 16.2. The molecule has 0 saturated heterocycles. The molecule has 5 heteroatoms. The predicted molar refractivity (Wildman–Crippen MR) is 106 cm³/mol. The van der Waals surface area contributed by atoms with Gasteiger partial charge in [0.25, 0.3) is 0 Å². The van der Waals surface area contributed by atoms with E-state index in [1.165, 1.54) is 5.57 Å². The molecule has 0 aliphatic heterocycles. The fourth-order valence-electron chi connectivity index (χ4n) is 3.79. The molecule has 2 amide bonds. The summed E-state index contributed by atoms with van der Waals surface area (Å²) in [5, 5.41) is 13.1. The molecule has 0 radical (unpaired) electrons. The fraction of sp³-hybridized carbons (Fsp3) is 0.273. The number of urea groups is 1. The molecule has 2 aliphatic rings. The summed E-state index contributed by atoms with van der Waals surface area (Å²) in [6.45, 7) is 0. The fourth-order valence-corrected chi connectivity index (χ4v) is 3.79. The minimum Gasteiger partial charge on any atom is -0.335 e. The number of amides is 2. The van der Waals surface area contributed by atoms with E-state index in [9.17, 15) is 4.79 Å². The third kappa shape index (κ3) is 4.12. The van der Waals surface area contributed by atoms with E-state index in [2.05, 4.69) is 38.4 Å². The van der Waals surface area contributed by atoms with Gasteiger partial charge in [-0.05, 0) is 49.0 Å². The maximum Gasteiger partial charge on any atom is 0.319 e. The molecule has 136 valence electrons. The van der Waals surface area contributed by atoms with Crippen molar-refractivity contribution in [2.75, 3.05) is 5.32 Å². The number of nitrogens with one attached hydrogen (secondary N) is 3. The normalized spacial score (nSPS) is 21.0. The van der Waals surface area contributed by atoms with E-state index >= 15 is 0 Å². The maximum atomic E-state index is 12.5. The van der Waals surface area contributed by atoms with Crippen molar-refractivity contribution in [2.24, 2.45) is 5.92 Å². The maximum absolute atomic E-state index is 12.5. The van der Waals surface area contributed by atoms with E-state index in [1.54, 1.807) is 6.20 Å². The monoisotopic (exact) mass is 358 g/mol. The number of carbonyl (C=O) groups excluding carboxylic acids is 1. The molecule has 4 rings (SSSR count). The average Bonchev–Trinajstić information content (AvgIpc) is 3.17. The van der Waals surface area contributed by atoms with Crippen LogP contribution in [0.25, 0.3) is 11.3 Å². The summed E-state index contributed by atoms with van der Waals surface area (Å²) in [4.78, 5) is 12.5. The molecular formula is C22H22N4O. The van der Waals surface area contributed by atoms with Crippen molar-refractivity contribution in [1.29, 1.82) is 0 Å². The highest BCUT2D eigenvalue weighted by Gasteiger charge is 2.25. The van der Waals surface area contributed by atoms with Crippen molar-refractivity contribution in [3.8, 4) is 11.3 Å². The van der Waals surface area contributed by atoms with Gasteiger partial charge in [-0.1, -0.05) is 48.2 Å². The number of benzene rings is 1. The first-order valence-corrected chi connectivity index (χ1v) is 9.33. The molecule has 5 nitrogen and oxygen atoms in total. The lowest BCUT2D eigenvalue weighted by Crippen LogP contribution is -2.41. The minimum absolute atomic E-state index is 0.167. The Bertz CT molecular complexity index is 944. The zero-order valence-electron chi connectivity index (χ0n) is 15.0. The van der Waals surface area contributed by atoms with Gasteiger partial charge in [-0.25, -0.2) is 4.79 Å². The Morgan fingerprint density at radius 1 is 1.19 bits per heavy atom. The van der Waals surface area contributed by atoms with Crippen LogP contribution in [0.2, 0.25) is 0 Å². The number of allylic oxidation sites excluding steroid dienone is 4. The second kappa shape index (κ2) is 7.96. The lowest BCUT2D eigenvalue weighted by atomic mass is 9.80. The molecule has 1 heterocycles. The second-order valence-corrected chi connectivity index (χ2v) is 6.95. The van der Waals surface area contributed by atoms with Crippen LogP contribution in [0.15, 0.2) is 71.8 Å². The standard InChI is InChI=1S/C22H22N4O/c27-22(25-20-15-23-26-21(20)17-10-5-2-6-11-17)24-19-13-7-12-18(14-19)16-8-3-1-4-9-16/h2-3,5-6,8-11,15,18-19H,7,12-14H2,(H,23,26)(H2,24,25,27). The van der Waals surface area contributed by atoms with Crippen molar-refractivity contribution in [2.45, 2.75) is 31.7 Å². The Labute approximate surface area is 158 Å². The summed E-state index contributed by atoms with van der Waals surface area (Å²) in [6.07, 6.45) is 11.9. The smallest absolute Gasteiger partial charge is 0.319 e. The quantitative estimate of drug-likeness (QED) is 0.701. The van der Waals surface area contributed by atoms with Crippen LogP contribution in [0.3, 0.4) is 0 Å². The van der Waals surface area contributed by atoms with Crippen molar-refractivity contribution in [3.63, 3.8) is 0 Å². The van der Waals surface area contributed by atoms with E-state index in [0.717, 1.165) is 36.9 Å². The number of anilines is 1. The third-order valence-corrected chi connectivity index (χ3v) is 5.11. The molecule has 1 saturated carbocycles. The number of nitrogens with zero attached hydrogens (tertiary/aromatic N) is 1. The lowest BCUT2D eigenvalue weighted by molar-refractivity contribution is 0.240. The SMILES string of the molecule is O=C(Nc1cn[nH]c1-c1ccccc1)NC1CCCC(C2=CC=C=C=C2)C1. The zero-order valence-corrected chi connectivity index (χ0v) is 15.0. The summed E-state index contributed by atoms with van der Waals surface area (Å²) in [6, 6.07) is 9.82. The van der Waals surface area contributed by atoms with Gasteiger partial charge in [-0.3, -0.25) is 5.10 Å². The van der Waals surface area contributed by atoms with Crippen LogP contribution in [0.1, 0.15) is 25.7 Å². The van der Waals surface area contributed by atoms with Gasteiger partial charge in [0.1, 0.15) is 0 Å². The van der Waals surface area contributed by atoms with Crippen LogP contribution in [0.5, 0.6) is 0 Å². The van der Waals surface area contributed by atoms with Gasteiger partial charge in [-0.2, -0.15) is 5.10 Å². The molecule has 0 bridgehead atoms. The summed E-state index contributed by atoms with van der Waals surface area (Å²) in [5.74, 6) is 0.462. The summed E-state index contributed by atoms with van der Waals surface area (Å²) in [5.41, 5.74) is 9.73. The van der Waals surface area contributed by atoms with Crippen LogP contribution in [-0.4, -0.2) is 22.3 Å². The molecule has 2 atom stereocenters. The van der Waals surface area contributed by atoms with Crippen molar-refractivity contribution in [1.82, 2.24) is 15.5 Å². The molecule has 27 heavy (non-hydrogen) atoms. The lowest BCUT2D eigenvalue weighted by Gasteiger charge is -2.30. The third-order valence-electron chi connectivity index (χ3n) is 5.11. The first kappa shape index (κ1) is 17.2. The van der Waals surface area contributed by atoms with Crippen molar-refractivity contribution >= 4 is 11.7 Å². The summed E-state index contributed by atoms with van der Waals surface area (Å²) < 4.78 is 0. The van der Waals surface area contributed by atoms with Gasteiger partial charge in [0, 0.05) is 11.6 Å². The number of hydrogen-bond acceptors (Lipinski definition) is 2. The first-order valence-electron chi connectivity index (χ1n) is 9.33. The van der Waals surface area contributed by atoms with Gasteiger partial charge in [-0.15, -0.1) is 0 Å². The van der Waals surface area contributed by atoms with E-state index in [1.807, 2.05) is 42.5 Å². The second-order valence-electron chi connectivity index (χ2n) is 6.95. The van der Waals surface area contributed by atoms with Crippen molar-refractivity contribution < 1.29 is 4.79 Å². The highest BCUT2D eigenvalue weighted by Crippen LogP contribution is 2.31. The molecule has 3 N–H and O–H groups in total. The number of aromatic amines is 1. The van der Waals surface area contributed by atoms with E-state index < -0.39 is 0 Å². The molecule has 0 spiro atoms. The zero-order chi connectivity index (χ0) is 18.5. The van der Waals surface area contributed by atoms with E-state index in [-0.39, 0.29) is 12.1 Å². The average molecular weight is 358 g/mol. The Morgan fingerprint density at radius 3 is 2.89 bits per heavy atom. The van der Waals surface area contributed by atoms with Gasteiger partial charge in [0.15, 0.2) is 0 Å². The number of aromatic nitrogens is 2. The molecule has 1 aromatic heterocycles. The minimum atomic E-state index is -0.188. The van der Waals surface area contributed by atoms with E-state index in [0.29, 0.717) is 11.6 Å². The highest BCUT2D eigenvalue weighted by molar-refractivity contribution is 5.93. The van der Waals surface area contributed by atoms with Crippen LogP contribution < -0.4 is 10.6 Å². The van der Waals surface area contributed by atoms with Crippen molar-refractivity contribution in [3.05, 3.63) is 71.8 Å².